The molecule has 110 valence electrons. The molecule has 6 nitrogen and oxygen atoms in total. The fourth-order valence-electron chi connectivity index (χ4n) is 1.67. The largest absolute Gasteiger partial charge is 0.358 e. The van der Waals surface area contributed by atoms with Gasteiger partial charge in [-0.1, -0.05) is 12.1 Å². The fraction of sp³-hybridized carbons (Fsp3) is 0.429. The highest BCUT2D eigenvalue weighted by Crippen LogP contribution is 2.11. The Bertz CT molecular complexity index is 476. The molecule has 0 bridgehead atoms. The van der Waals surface area contributed by atoms with Crippen LogP contribution < -0.4 is 16.4 Å². The molecule has 1 atom stereocenters. The van der Waals surface area contributed by atoms with Gasteiger partial charge in [0.15, 0.2) is 0 Å². The van der Waals surface area contributed by atoms with Crippen molar-refractivity contribution in [2.24, 2.45) is 5.73 Å². The number of hydrogen-bond acceptors (Lipinski definition) is 4. The molecule has 0 radical (unpaired) electrons. The highest BCUT2D eigenvalue weighted by molar-refractivity contribution is 5.95. The molecular weight excluding hydrogens is 256 g/mol. The standard InChI is InChI=1S/C14H22N4O2/c1-10(18(3)9-13(19)16-2)14(20)17-12-6-4-5-11(7-12)8-15/h4-7,10H,8-9,15H2,1-3H3,(H,16,19)(H,17,20). The molecule has 1 aromatic carbocycles. The van der Waals surface area contributed by atoms with Crippen molar-refractivity contribution in [2.45, 2.75) is 19.5 Å². The third-order valence-corrected chi connectivity index (χ3v) is 3.14. The van der Waals surface area contributed by atoms with Gasteiger partial charge in [-0.15, -0.1) is 0 Å². The van der Waals surface area contributed by atoms with Crippen molar-refractivity contribution >= 4 is 17.5 Å². The van der Waals surface area contributed by atoms with E-state index >= 15 is 0 Å². The topological polar surface area (TPSA) is 87.5 Å². The van der Waals surface area contributed by atoms with Gasteiger partial charge in [0.05, 0.1) is 12.6 Å². The summed E-state index contributed by atoms with van der Waals surface area (Å²) < 4.78 is 0. The van der Waals surface area contributed by atoms with Crippen molar-refractivity contribution in [3.8, 4) is 0 Å². The van der Waals surface area contributed by atoms with Gasteiger partial charge in [0.1, 0.15) is 0 Å². The van der Waals surface area contributed by atoms with E-state index in [1.54, 1.807) is 25.9 Å². The van der Waals surface area contributed by atoms with Crippen LogP contribution in [0.3, 0.4) is 0 Å². The highest BCUT2D eigenvalue weighted by Gasteiger charge is 2.19. The number of hydrogen-bond donors (Lipinski definition) is 3. The second kappa shape index (κ2) is 7.62. The second-order valence-electron chi connectivity index (χ2n) is 4.66. The van der Waals surface area contributed by atoms with E-state index in [9.17, 15) is 9.59 Å². The minimum Gasteiger partial charge on any atom is -0.358 e. The van der Waals surface area contributed by atoms with Crippen LogP contribution in [0.5, 0.6) is 0 Å². The summed E-state index contributed by atoms with van der Waals surface area (Å²) in [6, 6.07) is 6.98. The normalized spacial score (nSPS) is 12.1. The number of amides is 2. The van der Waals surface area contributed by atoms with Gasteiger partial charge in [-0.2, -0.15) is 0 Å². The molecule has 1 rings (SSSR count). The Kier molecular flexibility index (Phi) is 6.14. The third kappa shape index (κ3) is 4.64. The first kappa shape index (κ1) is 16.1. The molecule has 4 N–H and O–H groups in total. The van der Waals surface area contributed by atoms with E-state index in [1.807, 2.05) is 24.3 Å². The van der Waals surface area contributed by atoms with Gasteiger partial charge in [-0.05, 0) is 31.7 Å². The lowest BCUT2D eigenvalue weighted by molar-refractivity contribution is -0.124. The lowest BCUT2D eigenvalue weighted by Gasteiger charge is -2.23. The van der Waals surface area contributed by atoms with Crippen molar-refractivity contribution in [1.29, 1.82) is 0 Å². The molecular formula is C14H22N4O2. The summed E-state index contributed by atoms with van der Waals surface area (Å²) in [5.74, 6) is -0.289. The number of nitrogens with one attached hydrogen (secondary N) is 2. The molecule has 0 spiro atoms. The zero-order valence-corrected chi connectivity index (χ0v) is 12.1. The number of anilines is 1. The van der Waals surface area contributed by atoms with Crippen molar-refractivity contribution in [3.05, 3.63) is 29.8 Å². The van der Waals surface area contributed by atoms with Crippen LogP contribution in [0.2, 0.25) is 0 Å². The zero-order chi connectivity index (χ0) is 15.1. The Labute approximate surface area is 119 Å². The van der Waals surface area contributed by atoms with Gasteiger partial charge in [0.2, 0.25) is 11.8 Å². The lowest BCUT2D eigenvalue weighted by atomic mass is 10.2. The molecule has 0 aromatic heterocycles. The Hall–Kier alpha value is -1.92. The highest BCUT2D eigenvalue weighted by atomic mass is 16.2. The Morgan fingerprint density at radius 1 is 1.40 bits per heavy atom. The Morgan fingerprint density at radius 3 is 2.70 bits per heavy atom. The van der Waals surface area contributed by atoms with Crippen molar-refractivity contribution in [3.63, 3.8) is 0 Å². The maximum Gasteiger partial charge on any atom is 0.241 e. The van der Waals surface area contributed by atoms with Crippen LogP contribution in [0.15, 0.2) is 24.3 Å². The van der Waals surface area contributed by atoms with Gasteiger partial charge in [-0.3, -0.25) is 14.5 Å². The number of carbonyl (C=O) groups excluding carboxylic acids is 2. The van der Waals surface area contributed by atoms with Crippen molar-refractivity contribution < 1.29 is 9.59 Å². The maximum absolute atomic E-state index is 12.1. The molecule has 0 fully saturated rings. The van der Waals surface area contributed by atoms with Crippen LogP contribution in [-0.4, -0.2) is 43.4 Å². The van der Waals surface area contributed by atoms with E-state index in [4.69, 9.17) is 5.73 Å². The monoisotopic (exact) mass is 278 g/mol. The molecule has 6 heteroatoms. The predicted molar refractivity (Wildman–Crippen MR) is 79.1 cm³/mol. The molecule has 0 aliphatic rings. The molecule has 0 aliphatic heterocycles. The fourth-order valence-corrected chi connectivity index (χ4v) is 1.67. The SMILES string of the molecule is CNC(=O)CN(C)C(C)C(=O)Nc1cccc(CN)c1. The average molecular weight is 278 g/mol. The molecule has 0 saturated heterocycles. The summed E-state index contributed by atoms with van der Waals surface area (Å²) >= 11 is 0. The van der Waals surface area contributed by atoms with E-state index in [0.29, 0.717) is 12.2 Å². The molecule has 0 heterocycles. The van der Waals surface area contributed by atoms with Crippen molar-refractivity contribution in [1.82, 2.24) is 10.2 Å². The number of carbonyl (C=O) groups is 2. The number of rotatable bonds is 6. The van der Waals surface area contributed by atoms with Crippen LogP contribution in [0, 0.1) is 0 Å². The van der Waals surface area contributed by atoms with Crippen LogP contribution in [-0.2, 0) is 16.1 Å². The summed E-state index contributed by atoms with van der Waals surface area (Å²) in [5, 5.41) is 5.35. The summed E-state index contributed by atoms with van der Waals surface area (Å²) in [6.07, 6.45) is 0. The smallest absolute Gasteiger partial charge is 0.241 e. The van der Waals surface area contributed by atoms with Crippen LogP contribution in [0.25, 0.3) is 0 Å². The van der Waals surface area contributed by atoms with E-state index in [-0.39, 0.29) is 18.4 Å². The first-order chi connectivity index (χ1) is 9.47. The molecule has 20 heavy (non-hydrogen) atoms. The number of benzene rings is 1. The minimum atomic E-state index is -0.408. The number of likely N-dealkylation sites (N-methyl/N-ethyl adjacent to an activating group) is 2. The minimum absolute atomic E-state index is 0.128. The van der Waals surface area contributed by atoms with Gasteiger partial charge < -0.3 is 16.4 Å². The average Bonchev–Trinajstić information content (AvgIpc) is 2.46. The number of nitrogens with zero attached hydrogens (tertiary/aromatic N) is 1. The predicted octanol–water partition coefficient (Wildman–Crippen LogP) is 0.150. The Balaban J connectivity index is 2.62. The van der Waals surface area contributed by atoms with E-state index in [0.717, 1.165) is 5.56 Å². The molecule has 0 saturated carbocycles. The van der Waals surface area contributed by atoms with Crippen LogP contribution >= 0.6 is 0 Å². The summed E-state index contributed by atoms with van der Waals surface area (Å²) in [6.45, 7) is 2.36. The van der Waals surface area contributed by atoms with Gasteiger partial charge in [0.25, 0.3) is 0 Å². The molecule has 0 aliphatic carbocycles. The third-order valence-electron chi connectivity index (χ3n) is 3.14. The Morgan fingerprint density at radius 2 is 2.10 bits per heavy atom. The molecule has 2 amide bonds. The molecule has 1 aromatic rings. The second-order valence-corrected chi connectivity index (χ2v) is 4.66. The maximum atomic E-state index is 12.1. The van der Waals surface area contributed by atoms with Gasteiger partial charge in [-0.25, -0.2) is 0 Å². The van der Waals surface area contributed by atoms with E-state index in [1.165, 1.54) is 0 Å². The van der Waals surface area contributed by atoms with Crippen LogP contribution in [0.1, 0.15) is 12.5 Å². The summed E-state index contributed by atoms with van der Waals surface area (Å²) in [4.78, 5) is 25.1. The summed E-state index contributed by atoms with van der Waals surface area (Å²) in [5.41, 5.74) is 7.22. The summed E-state index contributed by atoms with van der Waals surface area (Å²) in [7, 11) is 3.30. The zero-order valence-electron chi connectivity index (χ0n) is 12.1. The van der Waals surface area contributed by atoms with Crippen molar-refractivity contribution in [2.75, 3.05) is 26.0 Å². The molecule has 1 unspecified atom stereocenters. The number of nitrogens with two attached hydrogens (primary N) is 1. The van der Waals surface area contributed by atoms with E-state index < -0.39 is 6.04 Å². The van der Waals surface area contributed by atoms with Gasteiger partial charge in [0, 0.05) is 19.3 Å². The van der Waals surface area contributed by atoms with Crippen LogP contribution in [0.4, 0.5) is 5.69 Å². The first-order valence-electron chi connectivity index (χ1n) is 6.48. The van der Waals surface area contributed by atoms with Gasteiger partial charge >= 0.3 is 0 Å². The quantitative estimate of drug-likeness (QED) is 0.691. The van der Waals surface area contributed by atoms with E-state index in [2.05, 4.69) is 10.6 Å². The first-order valence-corrected chi connectivity index (χ1v) is 6.48. The lowest BCUT2D eigenvalue weighted by Crippen LogP contribution is -2.44.